The summed E-state index contributed by atoms with van der Waals surface area (Å²) in [6.45, 7) is 0.124. The highest BCUT2D eigenvalue weighted by molar-refractivity contribution is 6.10. The predicted octanol–water partition coefficient (Wildman–Crippen LogP) is 4.53. The van der Waals surface area contributed by atoms with Crippen molar-refractivity contribution < 1.29 is 28.9 Å². The maximum Gasteiger partial charge on any atom is 0.335 e. The van der Waals surface area contributed by atoms with Crippen molar-refractivity contribution in [2.75, 3.05) is 19.5 Å². The Morgan fingerprint density at radius 2 is 1.76 bits per heavy atom. The van der Waals surface area contributed by atoms with Gasteiger partial charge in [-0.2, -0.15) is 5.26 Å². The normalized spacial score (nSPS) is 10.7. The van der Waals surface area contributed by atoms with E-state index in [9.17, 15) is 14.9 Å². The number of carbonyl (C=O) groups is 2. The van der Waals surface area contributed by atoms with Gasteiger partial charge in [-0.25, -0.2) is 4.79 Å². The molecule has 8 heteroatoms. The first kappa shape index (κ1) is 23.9. The zero-order chi connectivity index (χ0) is 24.5. The molecule has 0 unspecified atom stereocenters. The molecule has 3 rings (SSSR count). The van der Waals surface area contributed by atoms with Gasteiger partial charge in [0.1, 0.15) is 24.0 Å². The van der Waals surface area contributed by atoms with Gasteiger partial charge >= 0.3 is 5.97 Å². The fourth-order valence-corrected chi connectivity index (χ4v) is 3.06. The van der Waals surface area contributed by atoms with Crippen molar-refractivity contribution in [3.8, 4) is 23.3 Å². The summed E-state index contributed by atoms with van der Waals surface area (Å²) in [6, 6.07) is 20.1. The van der Waals surface area contributed by atoms with E-state index < -0.39 is 11.9 Å². The van der Waals surface area contributed by atoms with Crippen LogP contribution in [0, 0.1) is 11.3 Å². The van der Waals surface area contributed by atoms with Crippen molar-refractivity contribution in [3.05, 3.63) is 89.0 Å². The van der Waals surface area contributed by atoms with Crippen LogP contribution >= 0.6 is 0 Å². The Labute approximate surface area is 196 Å². The lowest BCUT2D eigenvalue weighted by Gasteiger charge is -2.14. The van der Waals surface area contributed by atoms with Gasteiger partial charge in [-0.05, 0) is 42.0 Å². The Bertz CT molecular complexity index is 1260. The molecule has 0 aromatic heterocycles. The minimum atomic E-state index is -1.01. The number of rotatable bonds is 9. The fraction of sp³-hybridized carbons (Fsp3) is 0.115. The van der Waals surface area contributed by atoms with E-state index in [2.05, 4.69) is 5.32 Å². The van der Waals surface area contributed by atoms with Crippen LogP contribution in [0.2, 0.25) is 0 Å². The number of nitriles is 1. The van der Waals surface area contributed by atoms with Crippen molar-refractivity contribution in [2.24, 2.45) is 0 Å². The average Bonchev–Trinajstić information content (AvgIpc) is 2.86. The third-order valence-electron chi connectivity index (χ3n) is 4.81. The van der Waals surface area contributed by atoms with Gasteiger partial charge in [0, 0.05) is 17.3 Å². The summed E-state index contributed by atoms with van der Waals surface area (Å²) in [4.78, 5) is 23.8. The second-order valence-corrected chi connectivity index (χ2v) is 7.03. The lowest BCUT2D eigenvalue weighted by atomic mass is 10.1. The molecule has 0 aliphatic heterocycles. The number of anilines is 1. The molecule has 0 aliphatic rings. The van der Waals surface area contributed by atoms with E-state index in [1.165, 1.54) is 32.4 Å². The van der Waals surface area contributed by atoms with Crippen LogP contribution in [0.25, 0.3) is 6.08 Å². The molecular formula is C26H22N2O6. The quantitative estimate of drug-likeness (QED) is 0.357. The topological polar surface area (TPSA) is 118 Å². The van der Waals surface area contributed by atoms with E-state index in [4.69, 9.17) is 19.3 Å². The van der Waals surface area contributed by atoms with Crippen LogP contribution in [0.5, 0.6) is 17.2 Å². The molecule has 0 heterocycles. The number of carboxylic acids is 1. The molecule has 1 amide bonds. The molecule has 3 aromatic rings. The molecule has 0 spiro atoms. The smallest absolute Gasteiger partial charge is 0.335 e. The molecule has 3 aromatic carbocycles. The number of amides is 1. The van der Waals surface area contributed by atoms with E-state index in [-0.39, 0.29) is 17.7 Å². The van der Waals surface area contributed by atoms with Crippen LogP contribution in [0.1, 0.15) is 21.5 Å². The van der Waals surface area contributed by atoms with E-state index in [1.807, 2.05) is 6.07 Å². The fourth-order valence-electron chi connectivity index (χ4n) is 3.06. The van der Waals surface area contributed by atoms with Crippen LogP contribution < -0.4 is 19.5 Å². The third kappa shape index (κ3) is 5.93. The Kier molecular flexibility index (Phi) is 7.87. The zero-order valence-electron chi connectivity index (χ0n) is 18.6. The Hall–Kier alpha value is -4.77. The molecular weight excluding hydrogens is 436 g/mol. The summed E-state index contributed by atoms with van der Waals surface area (Å²) in [5.74, 6) is -0.273. The van der Waals surface area contributed by atoms with Crippen molar-refractivity contribution in [1.82, 2.24) is 0 Å². The average molecular weight is 458 g/mol. The first-order valence-corrected chi connectivity index (χ1v) is 10.1. The number of methoxy groups -OCH3 is 2. The largest absolute Gasteiger partial charge is 0.497 e. The summed E-state index contributed by atoms with van der Waals surface area (Å²) in [5, 5.41) is 21.3. The first-order chi connectivity index (χ1) is 16.4. The predicted molar refractivity (Wildman–Crippen MR) is 126 cm³/mol. The summed E-state index contributed by atoms with van der Waals surface area (Å²) < 4.78 is 16.5. The van der Waals surface area contributed by atoms with Gasteiger partial charge in [0.15, 0.2) is 11.5 Å². The van der Waals surface area contributed by atoms with Gasteiger partial charge < -0.3 is 24.6 Å². The van der Waals surface area contributed by atoms with Gasteiger partial charge in [0.2, 0.25) is 0 Å². The number of hydrogen-bond acceptors (Lipinski definition) is 6. The molecule has 0 atom stereocenters. The maximum absolute atomic E-state index is 12.7. The van der Waals surface area contributed by atoms with Gasteiger partial charge in [0.05, 0.1) is 19.8 Å². The zero-order valence-corrected chi connectivity index (χ0v) is 18.6. The molecule has 8 nitrogen and oxygen atoms in total. The van der Waals surface area contributed by atoms with Gasteiger partial charge in [0.25, 0.3) is 5.91 Å². The number of aromatic carboxylic acids is 1. The SMILES string of the molecule is COc1cccc(NC(=O)/C(C#N)=C\c2cccc(OC)c2OCc2ccc(C(=O)O)cc2)c1. The van der Waals surface area contributed by atoms with Gasteiger partial charge in [-0.3, -0.25) is 4.79 Å². The minimum absolute atomic E-state index is 0.124. The van der Waals surface area contributed by atoms with Crippen LogP contribution in [0.3, 0.4) is 0 Å². The lowest BCUT2D eigenvalue weighted by molar-refractivity contribution is -0.112. The second-order valence-electron chi connectivity index (χ2n) is 7.03. The standard InChI is InChI=1S/C26H22N2O6/c1-32-22-7-4-6-21(14-22)28-25(29)20(15-27)13-19-5-3-8-23(33-2)24(19)34-16-17-9-11-18(12-10-17)26(30)31/h3-14H,16H2,1-2H3,(H,28,29)(H,30,31)/b20-13-. The second kappa shape index (κ2) is 11.2. The minimum Gasteiger partial charge on any atom is -0.497 e. The first-order valence-electron chi connectivity index (χ1n) is 10.1. The summed E-state index contributed by atoms with van der Waals surface area (Å²) in [6.07, 6.45) is 1.42. The van der Waals surface area contributed by atoms with Crippen LogP contribution in [0.15, 0.2) is 72.3 Å². The number of carboxylic acid groups (broad SMARTS) is 1. The molecule has 0 aliphatic carbocycles. The van der Waals surface area contributed by atoms with Crippen LogP contribution in [-0.2, 0) is 11.4 Å². The molecule has 34 heavy (non-hydrogen) atoms. The number of nitrogens with zero attached hydrogens (tertiary/aromatic N) is 1. The molecule has 0 saturated heterocycles. The summed E-state index contributed by atoms with van der Waals surface area (Å²) >= 11 is 0. The molecule has 172 valence electrons. The highest BCUT2D eigenvalue weighted by Crippen LogP contribution is 2.33. The molecule has 0 fully saturated rings. The highest BCUT2D eigenvalue weighted by atomic mass is 16.5. The maximum atomic E-state index is 12.7. The van der Waals surface area contributed by atoms with E-state index in [0.29, 0.717) is 28.5 Å². The van der Waals surface area contributed by atoms with Crippen molar-refractivity contribution >= 4 is 23.6 Å². The number of hydrogen-bond donors (Lipinski definition) is 2. The lowest BCUT2D eigenvalue weighted by Crippen LogP contribution is -2.13. The monoisotopic (exact) mass is 458 g/mol. The molecule has 2 N–H and O–H groups in total. The molecule has 0 radical (unpaired) electrons. The van der Waals surface area contributed by atoms with E-state index in [0.717, 1.165) is 5.56 Å². The third-order valence-corrected chi connectivity index (χ3v) is 4.81. The van der Waals surface area contributed by atoms with E-state index >= 15 is 0 Å². The number of carbonyl (C=O) groups excluding carboxylic acids is 1. The van der Waals surface area contributed by atoms with Crippen molar-refractivity contribution in [1.29, 1.82) is 5.26 Å². The molecule has 0 bridgehead atoms. The number of nitrogens with one attached hydrogen (secondary N) is 1. The number of para-hydroxylation sites is 1. The summed E-state index contributed by atoms with van der Waals surface area (Å²) in [5.41, 5.74) is 1.73. The van der Waals surface area contributed by atoms with Crippen molar-refractivity contribution in [3.63, 3.8) is 0 Å². The van der Waals surface area contributed by atoms with Crippen molar-refractivity contribution in [2.45, 2.75) is 6.61 Å². The van der Waals surface area contributed by atoms with Crippen LogP contribution in [-0.4, -0.2) is 31.2 Å². The summed E-state index contributed by atoms with van der Waals surface area (Å²) in [7, 11) is 3.00. The highest BCUT2D eigenvalue weighted by Gasteiger charge is 2.15. The van der Waals surface area contributed by atoms with E-state index in [1.54, 1.807) is 54.6 Å². The van der Waals surface area contributed by atoms with Gasteiger partial charge in [-0.15, -0.1) is 0 Å². The van der Waals surface area contributed by atoms with Crippen LogP contribution in [0.4, 0.5) is 5.69 Å². The number of ether oxygens (including phenoxy) is 3. The Morgan fingerprint density at radius 3 is 2.41 bits per heavy atom. The van der Waals surface area contributed by atoms with Gasteiger partial charge in [-0.1, -0.05) is 30.3 Å². The number of benzene rings is 3. The Morgan fingerprint density at radius 1 is 1.03 bits per heavy atom. The Balaban J connectivity index is 1.85. The molecule has 0 saturated carbocycles.